The van der Waals surface area contributed by atoms with Gasteiger partial charge in [-0.05, 0) is 56.9 Å². The van der Waals surface area contributed by atoms with Crippen LogP contribution in [0.4, 0.5) is 5.69 Å². The molecule has 0 spiro atoms. The van der Waals surface area contributed by atoms with Gasteiger partial charge in [-0.15, -0.1) is 5.10 Å². The van der Waals surface area contributed by atoms with Crippen molar-refractivity contribution in [1.82, 2.24) is 20.0 Å². The molecule has 2 aromatic heterocycles. The number of anilines is 1. The van der Waals surface area contributed by atoms with Gasteiger partial charge >= 0.3 is 5.97 Å². The summed E-state index contributed by atoms with van der Waals surface area (Å²) < 4.78 is 12.1. The van der Waals surface area contributed by atoms with Crippen molar-refractivity contribution in [1.29, 1.82) is 5.26 Å². The number of nitrogens with one attached hydrogen (secondary N) is 1. The number of carbonyl (C=O) groups is 2. The molecule has 0 unspecified atom stereocenters. The van der Waals surface area contributed by atoms with E-state index in [0.29, 0.717) is 17.1 Å². The van der Waals surface area contributed by atoms with Gasteiger partial charge in [-0.2, -0.15) is 5.26 Å². The van der Waals surface area contributed by atoms with Crippen LogP contribution in [0, 0.1) is 18.3 Å². The van der Waals surface area contributed by atoms with Crippen molar-refractivity contribution in [2.24, 2.45) is 0 Å². The fraction of sp³-hybridized carbons (Fsp3) is 0.385. The third-order valence-electron chi connectivity index (χ3n) is 5.19. The zero-order valence-corrected chi connectivity index (χ0v) is 21.8. The average Bonchev–Trinajstić information content (AvgIpc) is 3.28. The van der Waals surface area contributed by atoms with Gasteiger partial charge in [0.05, 0.1) is 47.7 Å². The SMILES string of the molecule is COc1c(C#N)cc(C(C)(C)C)cc1C(=O)Nc1cnc(C)c(-n2cc(C(=O)OC(C)(C)C)nn2)c1. The number of nitrogens with zero attached hydrogens (tertiary/aromatic N) is 5. The summed E-state index contributed by atoms with van der Waals surface area (Å²) in [5, 5.41) is 20.4. The number of carbonyl (C=O) groups excluding carboxylic acids is 2. The molecular formula is C26H30N6O4. The fourth-order valence-corrected chi connectivity index (χ4v) is 3.36. The molecule has 3 aromatic rings. The molecule has 0 bridgehead atoms. The van der Waals surface area contributed by atoms with Gasteiger partial charge < -0.3 is 14.8 Å². The molecule has 3 rings (SSSR count). The molecule has 1 N–H and O–H groups in total. The van der Waals surface area contributed by atoms with Crippen molar-refractivity contribution in [2.45, 2.75) is 59.5 Å². The van der Waals surface area contributed by atoms with Crippen molar-refractivity contribution < 1.29 is 19.1 Å². The standard InChI is InChI=1S/C26H30N6O4/c1-15-21(32-14-20(30-31-32)24(34)36-26(5,6)7)11-18(13-28-15)29-23(33)19-10-17(25(2,3)4)9-16(12-27)22(19)35-8/h9-11,13-14H,1-8H3,(H,29,33). The second-order valence-corrected chi connectivity index (χ2v) is 10.3. The van der Waals surface area contributed by atoms with Gasteiger partial charge in [0, 0.05) is 0 Å². The molecule has 1 aromatic carbocycles. The first kappa shape index (κ1) is 26.3. The summed E-state index contributed by atoms with van der Waals surface area (Å²) in [6, 6.07) is 7.23. The fourth-order valence-electron chi connectivity index (χ4n) is 3.36. The summed E-state index contributed by atoms with van der Waals surface area (Å²) in [5.41, 5.74) is 1.93. The maximum absolute atomic E-state index is 13.3. The minimum atomic E-state index is -0.667. The third-order valence-corrected chi connectivity index (χ3v) is 5.19. The highest BCUT2D eigenvalue weighted by molar-refractivity contribution is 6.07. The largest absolute Gasteiger partial charge is 0.495 e. The Hall–Kier alpha value is -4.26. The minimum Gasteiger partial charge on any atom is -0.495 e. The summed E-state index contributed by atoms with van der Waals surface area (Å²) in [7, 11) is 1.42. The van der Waals surface area contributed by atoms with Crippen LogP contribution in [0.2, 0.25) is 0 Å². The van der Waals surface area contributed by atoms with Gasteiger partial charge in [-0.25, -0.2) is 9.48 Å². The highest BCUT2D eigenvalue weighted by atomic mass is 16.6. The predicted molar refractivity (Wildman–Crippen MR) is 133 cm³/mol. The Morgan fingerprint density at radius 2 is 1.81 bits per heavy atom. The van der Waals surface area contributed by atoms with Crippen LogP contribution in [0.3, 0.4) is 0 Å². The van der Waals surface area contributed by atoms with Crippen LogP contribution in [-0.4, -0.2) is 44.6 Å². The Morgan fingerprint density at radius 3 is 2.39 bits per heavy atom. The molecule has 0 aliphatic heterocycles. The van der Waals surface area contributed by atoms with E-state index in [4.69, 9.17) is 9.47 Å². The number of benzene rings is 1. The predicted octanol–water partition coefficient (Wildman–Crippen LogP) is 4.36. The zero-order valence-electron chi connectivity index (χ0n) is 21.8. The average molecular weight is 491 g/mol. The number of esters is 1. The van der Waals surface area contributed by atoms with Crippen molar-refractivity contribution >= 4 is 17.6 Å². The first-order valence-corrected chi connectivity index (χ1v) is 11.3. The molecule has 10 heteroatoms. The number of methoxy groups -OCH3 is 1. The molecule has 36 heavy (non-hydrogen) atoms. The highest BCUT2D eigenvalue weighted by Gasteiger charge is 2.24. The van der Waals surface area contributed by atoms with Crippen molar-refractivity contribution in [3.8, 4) is 17.5 Å². The number of aromatic nitrogens is 4. The summed E-state index contributed by atoms with van der Waals surface area (Å²) in [5.74, 6) is -0.858. The van der Waals surface area contributed by atoms with E-state index in [0.717, 1.165) is 5.56 Å². The van der Waals surface area contributed by atoms with Crippen LogP contribution in [0.1, 0.15) is 79.2 Å². The Kier molecular flexibility index (Phi) is 7.15. The van der Waals surface area contributed by atoms with Crippen molar-refractivity contribution in [3.63, 3.8) is 0 Å². The zero-order chi connectivity index (χ0) is 26.8. The molecular weight excluding hydrogens is 460 g/mol. The van der Waals surface area contributed by atoms with E-state index in [9.17, 15) is 14.9 Å². The Labute approximate surface area is 210 Å². The number of pyridine rings is 1. The normalized spacial score (nSPS) is 11.5. The highest BCUT2D eigenvalue weighted by Crippen LogP contribution is 2.32. The molecule has 0 saturated carbocycles. The van der Waals surface area contributed by atoms with E-state index in [1.54, 1.807) is 45.9 Å². The van der Waals surface area contributed by atoms with E-state index in [2.05, 4.69) is 26.7 Å². The van der Waals surface area contributed by atoms with Crippen LogP contribution in [0.15, 0.2) is 30.6 Å². The molecule has 188 valence electrons. The number of aryl methyl sites for hydroxylation is 1. The number of amides is 1. The van der Waals surface area contributed by atoms with Crippen LogP contribution >= 0.6 is 0 Å². The van der Waals surface area contributed by atoms with E-state index in [-0.39, 0.29) is 28.0 Å². The smallest absolute Gasteiger partial charge is 0.361 e. The molecule has 1 amide bonds. The van der Waals surface area contributed by atoms with Crippen LogP contribution in [0.25, 0.3) is 5.69 Å². The van der Waals surface area contributed by atoms with E-state index in [1.807, 2.05) is 20.8 Å². The number of hydrogen-bond acceptors (Lipinski definition) is 8. The molecule has 0 aliphatic carbocycles. The first-order valence-electron chi connectivity index (χ1n) is 11.3. The molecule has 10 nitrogen and oxygen atoms in total. The van der Waals surface area contributed by atoms with Crippen LogP contribution in [-0.2, 0) is 10.2 Å². The van der Waals surface area contributed by atoms with E-state index in [1.165, 1.54) is 24.2 Å². The van der Waals surface area contributed by atoms with Gasteiger partial charge in [-0.1, -0.05) is 26.0 Å². The van der Waals surface area contributed by atoms with Gasteiger partial charge in [0.15, 0.2) is 5.69 Å². The van der Waals surface area contributed by atoms with Gasteiger partial charge in [0.1, 0.15) is 17.4 Å². The lowest BCUT2D eigenvalue weighted by Gasteiger charge is -2.22. The molecule has 0 aliphatic rings. The molecule has 0 atom stereocenters. The van der Waals surface area contributed by atoms with Crippen molar-refractivity contribution in [2.75, 3.05) is 12.4 Å². The number of ether oxygens (including phenoxy) is 2. The summed E-state index contributed by atoms with van der Waals surface area (Å²) in [6.07, 6.45) is 2.95. The maximum Gasteiger partial charge on any atom is 0.361 e. The number of nitriles is 1. The quantitative estimate of drug-likeness (QED) is 0.522. The molecule has 0 radical (unpaired) electrons. The molecule has 2 heterocycles. The van der Waals surface area contributed by atoms with Crippen LogP contribution in [0.5, 0.6) is 5.75 Å². The second-order valence-electron chi connectivity index (χ2n) is 10.3. The minimum absolute atomic E-state index is 0.0477. The lowest BCUT2D eigenvalue weighted by Crippen LogP contribution is -2.24. The van der Waals surface area contributed by atoms with E-state index >= 15 is 0 Å². The summed E-state index contributed by atoms with van der Waals surface area (Å²) >= 11 is 0. The Balaban J connectivity index is 1.94. The van der Waals surface area contributed by atoms with Crippen molar-refractivity contribution in [3.05, 3.63) is 58.7 Å². The molecule has 0 fully saturated rings. The Bertz CT molecular complexity index is 1360. The number of hydrogen-bond donors (Lipinski definition) is 1. The lowest BCUT2D eigenvalue weighted by atomic mass is 9.84. The lowest BCUT2D eigenvalue weighted by molar-refractivity contribution is 0.00626. The van der Waals surface area contributed by atoms with Gasteiger partial charge in [0.2, 0.25) is 0 Å². The summed E-state index contributed by atoms with van der Waals surface area (Å²) in [6.45, 7) is 13.1. The maximum atomic E-state index is 13.3. The third kappa shape index (κ3) is 5.86. The molecule has 0 saturated heterocycles. The van der Waals surface area contributed by atoms with Gasteiger partial charge in [-0.3, -0.25) is 9.78 Å². The topological polar surface area (TPSA) is 132 Å². The first-order chi connectivity index (χ1) is 16.7. The Morgan fingerprint density at radius 1 is 1.11 bits per heavy atom. The van der Waals surface area contributed by atoms with E-state index < -0.39 is 17.5 Å². The number of rotatable bonds is 5. The van der Waals surface area contributed by atoms with Gasteiger partial charge in [0.25, 0.3) is 5.91 Å². The summed E-state index contributed by atoms with van der Waals surface area (Å²) in [4.78, 5) is 29.9. The monoisotopic (exact) mass is 490 g/mol. The van der Waals surface area contributed by atoms with Crippen LogP contribution < -0.4 is 10.1 Å². The second kappa shape index (κ2) is 9.77.